The van der Waals surface area contributed by atoms with E-state index in [0.717, 1.165) is 42.9 Å². The summed E-state index contributed by atoms with van der Waals surface area (Å²) in [6.07, 6.45) is 17.3. The molecule has 0 aromatic carbocycles. The van der Waals surface area contributed by atoms with Gasteiger partial charge in [-0.25, -0.2) is 0 Å². The van der Waals surface area contributed by atoms with Crippen molar-refractivity contribution in [3.8, 4) is 0 Å². The van der Waals surface area contributed by atoms with E-state index in [1.54, 1.807) is 5.57 Å². The molecule has 0 aliphatic heterocycles. The molecule has 7 atom stereocenters. The lowest BCUT2D eigenvalue weighted by molar-refractivity contribution is -0.0546. The number of allylic oxidation sites excluding steroid dienone is 8. The van der Waals surface area contributed by atoms with Crippen LogP contribution in [-0.4, -0.2) is 0 Å². The van der Waals surface area contributed by atoms with Crippen LogP contribution in [0.2, 0.25) is 0 Å². The van der Waals surface area contributed by atoms with E-state index in [1.165, 1.54) is 54.4 Å². The van der Waals surface area contributed by atoms with E-state index >= 15 is 0 Å². The van der Waals surface area contributed by atoms with E-state index in [1.807, 2.05) is 27.7 Å². The van der Waals surface area contributed by atoms with Gasteiger partial charge in [0.25, 0.3) is 0 Å². The van der Waals surface area contributed by atoms with Gasteiger partial charge in [0.15, 0.2) is 0 Å². The first-order chi connectivity index (χ1) is 17.7. The molecule has 4 aliphatic carbocycles. The SMILES string of the molecule is C=C(C)CC.C=C(C)CC.C=C1C=CC2(C)C(=C1)CCC1C2CCC2(C)C1CC(C)C2(C)C(=C)CC.CC. The molecule has 0 saturated heterocycles. The second-order valence-corrected chi connectivity index (χ2v) is 13.1. The van der Waals surface area contributed by atoms with Crippen LogP contribution < -0.4 is 0 Å². The predicted molar refractivity (Wildman–Crippen MR) is 174 cm³/mol. The zero-order chi connectivity index (χ0) is 29.5. The molecule has 0 nitrogen and oxygen atoms in total. The molecule has 216 valence electrons. The Bertz CT molecular complexity index is 894. The van der Waals surface area contributed by atoms with Gasteiger partial charge in [0.05, 0.1) is 0 Å². The third-order valence-electron chi connectivity index (χ3n) is 11.2. The highest BCUT2D eigenvalue weighted by Gasteiger charge is 2.64. The second kappa shape index (κ2) is 14.2. The Morgan fingerprint density at radius 2 is 1.42 bits per heavy atom. The van der Waals surface area contributed by atoms with Crippen molar-refractivity contribution < 1.29 is 0 Å². The van der Waals surface area contributed by atoms with Crippen LogP contribution in [-0.2, 0) is 0 Å². The molecule has 0 amide bonds. The molecule has 0 aromatic rings. The molecule has 0 aromatic heterocycles. The van der Waals surface area contributed by atoms with Crippen LogP contribution >= 0.6 is 0 Å². The minimum absolute atomic E-state index is 0.273. The Balaban J connectivity index is 0.000000511. The molecule has 0 N–H and O–H groups in total. The molecule has 3 saturated carbocycles. The molecular formula is C38H64. The van der Waals surface area contributed by atoms with Crippen molar-refractivity contribution in [2.45, 2.75) is 128 Å². The first kappa shape index (κ1) is 34.5. The lowest BCUT2D eigenvalue weighted by Crippen LogP contribution is -2.52. The summed E-state index contributed by atoms with van der Waals surface area (Å²) in [5, 5.41) is 0. The summed E-state index contributed by atoms with van der Waals surface area (Å²) in [4.78, 5) is 0. The van der Waals surface area contributed by atoms with Crippen LogP contribution in [0.1, 0.15) is 128 Å². The Morgan fingerprint density at radius 3 is 1.89 bits per heavy atom. The summed E-state index contributed by atoms with van der Waals surface area (Å²) in [6, 6.07) is 0. The molecule has 4 aliphatic rings. The molecule has 0 bridgehead atoms. The van der Waals surface area contributed by atoms with Crippen molar-refractivity contribution >= 4 is 0 Å². The normalized spacial score (nSPS) is 36.3. The Kier molecular flexibility index (Phi) is 12.9. The summed E-state index contributed by atoms with van der Waals surface area (Å²) in [7, 11) is 0. The van der Waals surface area contributed by atoms with Gasteiger partial charge in [-0.15, -0.1) is 13.2 Å². The molecule has 7 unspecified atom stereocenters. The zero-order valence-corrected chi connectivity index (χ0v) is 27.5. The molecule has 0 heteroatoms. The van der Waals surface area contributed by atoms with Crippen LogP contribution in [0.25, 0.3) is 0 Å². The topological polar surface area (TPSA) is 0 Å². The number of rotatable bonds is 4. The van der Waals surface area contributed by atoms with Crippen LogP contribution in [0, 0.1) is 39.9 Å². The van der Waals surface area contributed by atoms with Crippen LogP contribution in [0.5, 0.6) is 0 Å². The van der Waals surface area contributed by atoms with Gasteiger partial charge in [-0.05, 0) is 105 Å². The van der Waals surface area contributed by atoms with E-state index in [0.29, 0.717) is 10.8 Å². The van der Waals surface area contributed by atoms with Crippen LogP contribution in [0.15, 0.2) is 72.4 Å². The van der Waals surface area contributed by atoms with Crippen molar-refractivity contribution in [2.24, 2.45) is 39.9 Å². The maximum atomic E-state index is 4.58. The summed E-state index contributed by atoms with van der Waals surface area (Å²) in [6.45, 7) is 40.9. The maximum Gasteiger partial charge on any atom is 0.0100 e. The van der Waals surface area contributed by atoms with Crippen molar-refractivity contribution in [2.75, 3.05) is 0 Å². The fraction of sp³-hybridized carbons (Fsp3) is 0.684. The summed E-state index contributed by atoms with van der Waals surface area (Å²) in [5.41, 5.74) is 7.88. The van der Waals surface area contributed by atoms with E-state index < -0.39 is 0 Å². The van der Waals surface area contributed by atoms with E-state index in [9.17, 15) is 0 Å². The number of fused-ring (bicyclic) bond motifs is 5. The Labute approximate surface area is 239 Å². The standard InChI is InChI=1S/C26H38.2C5H10.C2H6/c1-8-18(3)26(7)19(4)16-23-21-10-9-20-15-17(2)11-13-24(20,5)22(21)12-14-25(23,26)6;2*1-4-5(2)3;1-2/h11,13,15,19,21-23H,2-3,8-10,12,14,16H2,1,4-7H3;2*2,4H2,1,3H3;1-2H3. The summed E-state index contributed by atoms with van der Waals surface area (Å²) in [5.74, 6) is 3.31. The van der Waals surface area contributed by atoms with Crippen LogP contribution in [0.4, 0.5) is 0 Å². The highest BCUT2D eigenvalue weighted by atomic mass is 14.7. The number of hydrogen-bond donors (Lipinski definition) is 0. The quantitative estimate of drug-likeness (QED) is 0.323. The minimum atomic E-state index is 0.273. The second-order valence-electron chi connectivity index (χ2n) is 13.1. The number of hydrogen-bond acceptors (Lipinski definition) is 0. The lowest BCUT2D eigenvalue weighted by atomic mass is 9.45. The lowest BCUT2D eigenvalue weighted by Gasteiger charge is -2.59. The first-order valence-electron chi connectivity index (χ1n) is 15.8. The van der Waals surface area contributed by atoms with Crippen molar-refractivity contribution in [1.82, 2.24) is 0 Å². The fourth-order valence-electron chi connectivity index (χ4n) is 7.97. The molecule has 4 rings (SSSR count). The minimum Gasteiger partial charge on any atom is -0.100 e. The molecule has 38 heavy (non-hydrogen) atoms. The molecular weight excluding hydrogens is 456 g/mol. The van der Waals surface area contributed by atoms with Gasteiger partial charge >= 0.3 is 0 Å². The van der Waals surface area contributed by atoms with Gasteiger partial charge in [-0.1, -0.05) is 116 Å². The summed E-state index contributed by atoms with van der Waals surface area (Å²) >= 11 is 0. The third-order valence-corrected chi connectivity index (χ3v) is 11.2. The molecule has 0 radical (unpaired) electrons. The summed E-state index contributed by atoms with van der Waals surface area (Å²) < 4.78 is 0. The van der Waals surface area contributed by atoms with Gasteiger partial charge in [0.1, 0.15) is 0 Å². The van der Waals surface area contributed by atoms with Gasteiger partial charge < -0.3 is 0 Å². The highest BCUT2D eigenvalue weighted by molar-refractivity contribution is 5.43. The highest BCUT2D eigenvalue weighted by Crippen LogP contribution is 2.72. The van der Waals surface area contributed by atoms with E-state index in [-0.39, 0.29) is 5.41 Å². The predicted octanol–water partition coefficient (Wildman–Crippen LogP) is 12.5. The van der Waals surface area contributed by atoms with Crippen molar-refractivity contribution in [3.05, 3.63) is 72.4 Å². The monoisotopic (exact) mass is 521 g/mol. The largest absolute Gasteiger partial charge is 0.100 e. The average molecular weight is 521 g/mol. The Hall–Kier alpha value is -1.56. The maximum absolute atomic E-state index is 4.58. The average Bonchev–Trinajstić information content (AvgIpc) is 3.11. The Morgan fingerprint density at radius 1 is 0.895 bits per heavy atom. The van der Waals surface area contributed by atoms with Gasteiger partial charge in [-0.2, -0.15) is 0 Å². The molecule has 3 fully saturated rings. The van der Waals surface area contributed by atoms with Crippen LogP contribution in [0.3, 0.4) is 0 Å². The van der Waals surface area contributed by atoms with Crippen molar-refractivity contribution in [1.29, 1.82) is 0 Å². The molecule has 0 heterocycles. The first-order valence-corrected chi connectivity index (χ1v) is 15.8. The van der Waals surface area contributed by atoms with E-state index in [2.05, 4.69) is 93.0 Å². The smallest absolute Gasteiger partial charge is 0.0100 e. The van der Waals surface area contributed by atoms with E-state index in [4.69, 9.17) is 0 Å². The van der Waals surface area contributed by atoms with Gasteiger partial charge in [-0.3, -0.25) is 0 Å². The molecule has 0 spiro atoms. The van der Waals surface area contributed by atoms with Gasteiger partial charge in [0, 0.05) is 5.41 Å². The fourth-order valence-corrected chi connectivity index (χ4v) is 7.97. The van der Waals surface area contributed by atoms with Crippen molar-refractivity contribution in [3.63, 3.8) is 0 Å². The third kappa shape index (κ3) is 6.59. The zero-order valence-electron chi connectivity index (χ0n) is 27.5. The van der Waals surface area contributed by atoms with Gasteiger partial charge in [0.2, 0.25) is 0 Å².